The molecule has 128 valence electrons. The van der Waals surface area contributed by atoms with E-state index in [1.807, 2.05) is 0 Å². The van der Waals surface area contributed by atoms with E-state index in [1.165, 1.54) is 4.90 Å². The van der Waals surface area contributed by atoms with E-state index < -0.39 is 23.8 Å². The lowest BCUT2D eigenvalue weighted by Crippen LogP contribution is -2.32. The van der Waals surface area contributed by atoms with Gasteiger partial charge in [-0.25, -0.2) is 8.78 Å². The van der Waals surface area contributed by atoms with Gasteiger partial charge in [-0.1, -0.05) is 6.07 Å². The number of benzene rings is 2. The lowest BCUT2D eigenvalue weighted by Gasteiger charge is -2.25. The summed E-state index contributed by atoms with van der Waals surface area (Å²) in [5.41, 5.74) is 1.19. The monoisotopic (exact) mass is 343 g/mol. The summed E-state index contributed by atoms with van der Waals surface area (Å²) >= 11 is 0. The molecule has 1 saturated heterocycles. The minimum Gasteiger partial charge on any atom is -0.391 e. The van der Waals surface area contributed by atoms with Crippen molar-refractivity contribution in [3.8, 4) is 0 Å². The molecule has 0 spiro atoms. The quantitative estimate of drug-likeness (QED) is 0.752. The van der Waals surface area contributed by atoms with Crippen LogP contribution < -0.4 is 0 Å². The number of nitrogens with zero attached hydrogens (tertiary/aromatic N) is 2. The standard InChI is InChI=1S/C18H15F2N3O2/c19-10-4-5-15(20)13(6-10)17-7-11(24)9-23(17)18(25)12-2-1-3-16-14(12)8-21-22-16/h1-6,8,11,17,24H,7,9H2,(H,21,22). The number of aliphatic hydroxyl groups is 1. The third kappa shape index (κ3) is 2.66. The van der Waals surface area contributed by atoms with E-state index in [2.05, 4.69) is 10.2 Å². The number of carbonyl (C=O) groups excluding carboxylic acids is 1. The molecule has 2 unspecified atom stereocenters. The number of β-amino-alcohol motifs (C(OH)–C–C–N with tert-alkyl or cyclic N) is 1. The number of aromatic amines is 1. The molecular formula is C18H15F2N3O2. The molecule has 2 atom stereocenters. The molecule has 0 saturated carbocycles. The molecule has 1 aliphatic rings. The van der Waals surface area contributed by atoms with Crippen molar-refractivity contribution in [3.05, 3.63) is 65.4 Å². The second-order valence-electron chi connectivity index (χ2n) is 6.17. The highest BCUT2D eigenvalue weighted by Crippen LogP contribution is 2.35. The number of halogens is 2. The predicted molar refractivity (Wildman–Crippen MR) is 86.9 cm³/mol. The lowest BCUT2D eigenvalue weighted by atomic mass is 10.0. The average Bonchev–Trinajstić information content (AvgIpc) is 3.22. The summed E-state index contributed by atoms with van der Waals surface area (Å²) in [5, 5.41) is 17.4. The third-order valence-corrected chi connectivity index (χ3v) is 4.57. The maximum absolute atomic E-state index is 14.2. The minimum atomic E-state index is -0.792. The Kier molecular flexibility index (Phi) is 3.73. The minimum absolute atomic E-state index is 0.0632. The molecule has 2 N–H and O–H groups in total. The first kappa shape index (κ1) is 15.7. The van der Waals surface area contributed by atoms with Crippen LogP contribution in [0.25, 0.3) is 10.9 Å². The Morgan fingerprint density at radius 3 is 2.96 bits per heavy atom. The van der Waals surface area contributed by atoms with E-state index in [9.17, 15) is 18.7 Å². The highest BCUT2D eigenvalue weighted by Gasteiger charge is 2.37. The first-order valence-corrected chi connectivity index (χ1v) is 7.90. The van der Waals surface area contributed by atoms with Gasteiger partial charge in [-0.05, 0) is 36.8 Å². The van der Waals surface area contributed by atoms with Gasteiger partial charge in [0.05, 0.1) is 29.4 Å². The summed E-state index contributed by atoms with van der Waals surface area (Å²) < 4.78 is 27.8. The highest BCUT2D eigenvalue weighted by atomic mass is 19.1. The van der Waals surface area contributed by atoms with Crippen LogP contribution in [0.1, 0.15) is 28.4 Å². The van der Waals surface area contributed by atoms with Crippen LogP contribution in [-0.4, -0.2) is 38.8 Å². The Morgan fingerprint density at radius 2 is 2.12 bits per heavy atom. The maximum atomic E-state index is 14.2. The van der Waals surface area contributed by atoms with Gasteiger partial charge in [-0.15, -0.1) is 0 Å². The fourth-order valence-corrected chi connectivity index (χ4v) is 3.41. The zero-order valence-electron chi connectivity index (χ0n) is 13.1. The summed E-state index contributed by atoms with van der Waals surface area (Å²) in [6.07, 6.45) is 0.917. The SMILES string of the molecule is O=C(c1cccc2[nH]ncc12)N1CC(O)CC1c1cc(F)ccc1F. The Bertz CT molecular complexity index is 956. The van der Waals surface area contributed by atoms with Crippen LogP contribution in [0.15, 0.2) is 42.6 Å². The number of rotatable bonds is 2. The number of fused-ring (bicyclic) bond motifs is 1. The van der Waals surface area contributed by atoms with Gasteiger partial charge in [-0.3, -0.25) is 9.89 Å². The summed E-state index contributed by atoms with van der Waals surface area (Å²) in [6.45, 7) is 0.0632. The van der Waals surface area contributed by atoms with Crippen molar-refractivity contribution in [1.82, 2.24) is 15.1 Å². The second-order valence-corrected chi connectivity index (χ2v) is 6.17. The maximum Gasteiger partial charge on any atom is 0.255 e. The van der Waals surface area contributed by atoms with Gasteiger partial charge in [0.25, 0.3) is 5.91 Å². The molecule has 3 aromatic rings. The van der Waals surface area contributed by atoms with Crippen molar-refractivity contribution in [2.24, 2.45) is 0 Å². The van der Waals surface area contributed by atoms with Crippen LogP contribution in [0, 0.1) is 11.6 Å². The number of amides is 1. The molecule has 0 aliphatic carbocycles. The largest absolute Gasteiger partial charge is 0.391 e. The lowest BCUT2D eigenvalue weighted by molar-refractivity contribution is 0.0715. The number of H-pyrrole nitrogens is 1. The molecular weight excluding hydrogens is 328 g/mol. The van der Waals surface area contributed by atoms with Gasteiger partial charge in [0.2, 0.25) is 0 Å². The summed E-state index contributed by atoms with van der Waals surface area (Å²) in [6, 6.07) is 7.60. The number of aromatic nitrogens is 2. The smallest absolute Gasteiger partial charge is 0.255 e. The fourth-order valence-electron chi connectivity index (χ4n) is 3.41. The molecule has 0 bridgehead atoms. The Balaban J connectivity index is 1.76. The molecule has 4 rings (SSSR count). The molecule has 0 radical (unpaired) electrons. The van der Waals surface area contributed by atoms with Crippen molar-refractivity contribution < 1.29 is 18.7 Å². The first-order valence-electron chi connectivity index (χ1n) is 7.90. The number of carbonyl (C=O) groups is 1. The number of aliphatic hydroxyl groups excluding tert-OH is 1. The number of hydrogen-bond donors (Lipinski definition) is 2. The second kappa shape index (κ2) is 5.93. The third-order valence-electron chi connectivity index (χ3n) is 4.57. The van der Waals surface area contributed by atoms with E-state index in [-0.39, 0.29) is 24.4 Å². The zero-order valence-corrected chi connectivity index (χ0v) is 13.1. The summed E-state index contributed by atoms with van der Waals surface area (Å²) in [7, 11) is 0. The van der Waals surface area contributed by atoms with Crippen LogP contribution in [0.2, 0.25) is 0 Å². The summed E-state index contributed by atoms with van der Waals surface area (Å²) in [4.78, 5) is 14.4. The molecule has 2 heterocycles. The van der Waals surface area contributed by atoms with Crippen molar-refractivity contribution >= 4 is 16.8 Å². The molecule has 2 aromatic carbocycles. The van der Waals surface area contributed by atoms with Gasteiger partial charge in [0.15, 0.2) is 0 Å². The normalized spacial score (nSPS) is 20.4. The Morgan fingerprint density at radius 1 is 1.28 bits per heavy atom. The van der Waals surface area contributed by atoms with E-state index in [0.717, 1.165) is 18.2 Å². The molecule has 1 aromatic heterocycles. The zero-order chi connectivity index (χ0) is 17.6. The van der Waals surface area contributed by atoms with Crippen molar-refractivity contribution in [2.75, 3.05) is 6.54 Å². The first-order chi connectivity index (χ1) is 12.0. The van der Waals surface area contributed by atoms with E-state index in [1.54, 1.807) is 24.4 Å². The van der Waals surface area contributed by atoms with Gasteiger partial charge >= 0.3 is 0 Å². The molecule has 25 heavy (non-hydrogen) atoms. The number of nitrogens with one attached hydrogen (secondary N) is 1. The molecule has 1 amide bonds. The van der Waals surface area contributed by atoms with Crippen LogP contribution in [0.3, 0.4) is 0 Å². The van der Waals surface area contributed by atoms with Gasteiger partial charge in [0.1, 0.15) is 11.6 Å². The topological polar surface area (TPSA) is 69.2 Å². The molecule has 1 aliphatic heterocycles. The van der Waals surface area contributed by atoms with Crippen LogP contribution in [-0.2, 0) is 0 Å². The Labute approximate surface area is 141 Å². The van der Waals surface area contributed by atoms with Gasteiger partial charge < -0.3 is 10.0 Å². The molecule has 5 nitrogen and oxygen atoms in total. The van der Waals surface area contributed by atoms with E-state index >= 15 is 0 Å². The molecule has 7 heteroatoms. The summed E-state index contributed by atoms with van der Waals surface area (Å²) in [5.74, 6) is -1.53. The van der Waals surface area contributed by atoms with Crippen LogP contribution in [0.5, 0.6) is 0 Å². The predicted octanol–water partition coefficient (Wildman–Crippen LogP) is 2.79. The fraction of sp³-hybridized carbons (Fsp3) is 0.222. The highest BCUT2D eigenvalue weighted by molar-refractivity contribution is 6.06. The van der Waals surface area contributed by atoms with Gasteiger partial charge in [-0.2, -0.15) is 5.10 Å². The van der Waals surface area contributed by atoms with Crippen LogP contribution in [0.4, 0.5) is 8.78 Å². The van der Waals surface area contributed by atoms with Crippen molar-refractivity contribution in [1.29, 1.82) is 0 Å². The van der Waals surface area contributed by atoms with E-state index in [0.29, 0.717) is 16.5 Å². The van der Waals surface area contributed by atoms with E-state index in [4.69, 9.17) is 0 Å². The number of likely N-dealkylation sites (tertiary alicyclic amines) is 1. The Hall–Kier alpha value is -2.80. The van der Waals surface area contributed by atoms with Crippen LogP contribution >= 0.6 is 0 Å². The van der Waals surface area contributed by atoms with Gasteiger partial charge in [0, 0.05) is 17.5 Å². The van der Waals surface area contributed by atoms with Crippen molar-refractivity contribution in [3.63, 3.8) is 0 Å². The van der Waals surface area contributed by atoms with Crippen molar-refractivity contribution in [2.45, 2.75) is 18.6 Å². The number of hydrogen-bond acceptors (Lipinski definition) is 3. The average molecular weight is 343 g/mol. The molecule has 1 fully saturated rings.